The van der Waals surface area contributed by atoms with Crippen LogP contribution in [0.3, 0.4) is 0 Å². The minimum atomic E-state index is -0.385. The molecule has 2 rings (SSSR count). The van der Waals surface area contributed by atoms with E-state index < -0.39 is 0 Å². The normalized spacial score (nSPS) is 10.4. The number of carbonyl (C=O) groups is 2. The van der Waals surface area contributed by atoms with E-state index in [-0.39, 0.29) is 24.3 Å². The molecule has 2 aromatic rings. The second-order valence-electron chi connectivity index (χ2n) is 6.30. The summed E-state index contributed by atoms with van der Waals surface area (Å²) in [6, 6.07) is 14.8. The lowest BCUT2D eigenvalue weighted by Crippen LogP contribution is -2.29. The number of amides is 2. The maximum Gasteiger partial charge on any atom is 0.233 e. The quantitative estimate of drug-likeness (QED) is 0.665. The van der Waals surface area contributed by atoms with Crippen molar-refractivity contribution in [3.8, 4) is 11.5 Å². The van der Waals surface area contributed by atoms with Crippen LogP contribution >= 0.6 is 0 Å². The van der Waals surface area contributed by atoms with Gasteiger partial charge < -0.3 is 20.1 Å². The average molecular weight is 370 g/mol. The molecule has 144 valence electrons. The largest absolute Gasteiger partial charge is 0.496 e. The summed E-state index contributed by atoms with van der Waals surface area (Å²) in [6.07, 6.45) is 0.367. The number of ether oxygens (including phenoxy) is 2. The Kier molecular flexibility index (Phi) is 7.67. The Morgan fingerprint density at radius 1 is 0.963 bits per heavy atom. The van der Waals surface area contributed by atoms with Gasteiger partial charge in [0.05, 0.1) is 18.9 Å². The summed E-state index contributed by atoms with van der Waals surface area (Å²) in [7, 11) is 1.61. The van der Waals surface area contributed by atoms with Gasteiger partial charge >= 0.3 is 0 Å². The first-order valence-corrected chi connectivity index (χ1v) is 8.93. The van der Waals surface area contributed by atoms with Gasteiger partial charge in [-0.3, -0.25) is 9.59 Å². The van der Waals surface area contributed by atoms with E-state index in [0.717, 1.165) is 11.3 Å². The average Bonchev–Trinajstić information content (AvgIpc) is 2.63. The third kappa shape index (κ3) is 6.66. The maximum absolute atomic E-state index is 12.1. The van der Waals surface area contributed by atoms with E-state index in [2.05, 4.69) is 10.6 Å². The zero-order valence-electron chi connectivity index (χ0n) is 16.0. The van der Waals surface area contributed by atoms with Crippen molar-refractivity contribution in [2.75, 3.05) is 19.0 Å². The number of methoxy groups -OCH3 is 1. The van der Waals surface area contributed by atoms with E-state index in [1.165, 1.54) is 0 Å². The Bertz CT molecular complexity index is 774. The fraction of sp³-hybridized carbons (Fsp3) is 0.333. The first-order chi connectivity index (χ1) is 13.0. The van der Waals surface area contributed by atoms with Crippen LogP contribution in [0.5, 0.6) is 11.5 Å². The van der Waals surface area contributed by atoms with Crippen LogP contribution in [0, 0.1) is 0 Å². The van der Waals surface area contributed by atoms with Gasteiger partial charge in [-0.2, -0.15) is 0 Å². The van der Waals surface area contributed by atoms with Gasteiger partial charge in [-0.15, -0.1) is 0 Å². The summed E-state index contributed by atoms with van der Waals surface area (Å²) in [4.78, 5) is 24.2. The summed E-state index contributed by atoms with van der Waals surface area (Å²) >= 11 is 0. The summed E-state index contributed by atoms with van der Waals surface area (Å²) < 4.78 is 10.9. The van der Waals surface area contributed by atoms with E-state index in [4.69, 9.17) is 9.47 Å². The number of anilines is 1. The van der Waals surface area contributed by atoms with Gasteiger partial charge in [0.2, 0.25) is 11.8 Å². The first-order valence-electron chi connectivity index (χ1n) is 8.93. The Balaban J connectivity index is 1.81. The van der Waals surface area contributed by atoms with Crippen molar-refractivity contribution in [2.24, 2.45) is 0 Å². The molecule has 0 spiro atoms. The molecule has 0 aliphatic rings. The van der Waals surface area contributed by atoms with Crippen molar-refractivity contribution >= 4 is 17.5 Å². The molecule has 0 saturated heterocycles. The maximum atomic E-state index is 12.1. The minimum Gasteiger partial charge on any atom is -0.496 e. The number of carbonyl (C=O) groups excluding carboxylic acids is 2. The molecule has 0 fully saturated rings. The molecule has 0 atom stereocenters. The predicted octanol–water partition coefficient (Wildman–Crippen LogP) is 3.17. The van der Waals surface area contributed by atoms with Crippen molar-refractivity contribution in [1.29, 1.82) is 0 Å². The Morgan fingerprint density at radius 3 is 2.33 bits per heavy atom. The molecule has 0 aliphatic carbocycles. The van der Waals surface area contributed by atoms with Gasteiger partial charge in [-0.1, -0.05) is 30.3 Å². The Morgan fingerprint density at radius 2 is 1.63 bits per heavy atom. The van der Waals surface area contributed by atoms with Crippen molar-refractivity contribution in [3.63, 3.8) is 0 Å². The fourth-order valence-electron chi connectivity index (χ4n) is 2.58. The highest BCUT2D eigenvalue weighted by molar-refractivity contribution is 6.04. The van der Waals surface area contributed by atoms with E-state index in [9.17, 15) is 9.59 Å². The lowest BCUT2D eigenvalue weighted by atomic mass is 10.1. The van der Waals surface area contributed by atoms with Crippen molar-refractivity contribution in [1.82, 2.24) is 5.32 Å². The third-order valence-electron chi connectivity index (χ3n) is 3.75. The zero-order chi connectivity index (χ0) is 19.6. The molecule has 2 N–H and O–H groups in total. The predicted molar refractivity (Wildman–Crippen MR) is 105 cm³/mol. The van der Waals surface area contributed by atoms with E-state index in [1.807, 2.05) is 44.2 Å². The van der Waals surface area contributed by atoms with Gasteiger partial charge in [0.15, 0.2) is 0 Å². The van der Waals surface area contributed by atoms with Crippen LogP contribution in [-0.4, -0.2) is 31.6 Å². The number of rotatable bonds is 9. The van der Waals surface area contributed by atoms with Crippen LogP contribution in [0.15, 0.2) is 48.5 Å². The second-order valence-corrected chi connectivity index (χ2v) is 6.30. The van der Waals surface area contributed by atoms with Gasteiger partial charge in [-0.25, -0.2) is 0 Å². The van der Waals surface area contributed by atoms with Crippen molar-refractivity contribution in [3.05, 3.63) is 54.1 Å². The van der Waals surface area contributed by atoms with Crippen molar-refractivity contribution < 1.29 is 19.1 Å². The molecule has 27 heavy (non-hydrogen) atoms. The van der Waals surface area contributed by atoms with Gasteiger partial charge in [0.1, 0.15) is 17.9 Å². The highest BCUT2D eigenvalue weighted by Crippen LogP contribution is 2.25. The molecule has 2 amide bonds. The van der Waals surface area contributed by atoms with E-state index >= 15 is 0 Å². The summed E-state index contributed by atoms with van der Waals surface area (Å²) in [6.45, 7) is 4.25. The Labute approximate surface area is 159 Å². The molecular weight excluding hydrogens is 344 g/mol. The number of hydrogen-bond donors (Lipinski definition) is 2. The third-order valence-corrected chi connectivity index (χ3v) is 3.75. The smallest absolute Gasteiger partial charge is 0.233 e. The van der Waals surface area contributed by atoms with Crippen LogP contribution in [0.4, 0.5) is 5.69 Å². The van der Waals surface area contributed by atoms with E-state index in [0.29, 0.717) is 24.4 Å². The van der Waals surface area contributed by atoms with Gasteiger partial charge in [0, 0.05) is 6.54 Å². The minimum absolute atomic E-state index is 0.0127. The molecule has 0 unspecified atom stereocenters. The number of hydrogen-bond acceptors (Lipinski definition) is 4. The molecule has 6 heteroatoms. The fourth-order valence-corrected chi connectivity index (χ4v) is 2.58. The Hall–Kier alpha value is -3.02. The summed E-state index contributed by atoms with van der Waals surface area (Å²) in [5, 5.41) is 5.49. The molecular formula is C21H26N2O4. The molecule has 0 saturated carbocycles. The molecule has 0 aliphatic heterocycles. The van der Waals surface area contributed by atoms with Gasteiger partial charge in [0.25, 0.3) is 0 Å². The number of nitrogens with one attached hydrogen (secondary N) is 2. The standard InChI is InChI=1S/C21H26N2O4/c1-15(2)27-19-11-7-5-9-17(19)23-21(25)14-20(24)22-13-12-16-8-4-6-10-18(16)26-3/h4-11,15H,12-14H2,1-3H3,(H,22,24)(H,23,25). The zero-order valence-corrected chi connectivity index (χ0v) is 16.0. The number of para-hydroxylation sites is 3. The highest BCUT2D eigenvalue weighted by atomic mass is 16.5. The van der Waals surface area contributed by atoms with Crippen LogP contribution in [0.2, 0.25) is 0 Å². The lowest BCUT2D eigenvalue weighted by molar-refractivity contribution is -0.126. The van der Waals surface area contributed by atoms with Crippen LogP contribution in [0.1, 0.15) is 25.8 Å². The van der Waals surface area contributed by atoms with Gasteiger partial charge in [-0.05, 0) is 44.0 Å². The lowest BCUT2D eigenvalue weighted by Gasteiger charge is -2.14. The highest BCUT2D eigenvalue weighted by Gasteiger charge is 2.13. The topological polar surface area (TPSA) is 76.7 Å². The molecule has 0 radical (unpaired) electrons. The molecule has 6 nitrogen and oxygen atoms in total. The van der Waals surface area contributed by atoms with E-state index in [1.54, 1.807) is 25.3 Å². The van der Waals surface area contributed by atoms with Crippen LogP contribution in [0.25, 0.3) is 0 Å². The summed E-state index contributed by atoms with van der Waals surface area (Å²) in [5.41, 5.74) is 1.56. The number of benzene rings is 2. The monoisotopic (exact) mass is 370 g/mol. The second kappa shape index (κ2) is 10.2. The SMILES string of the molecule is COc1ccccc1CCNC(=O)CC(=O)Nc1ccccc1OC(C)C. The molecule has 0 heterocycles. The first kappa shape index (κ1) is 20.3. The molecule has 0 bridgehead atoms. The van der Waals surface area contributed by atoms with Crippen molar-refractivity contribution in [2.45, 2.75) is 32.8 Å². The molecule has 0 aromatic heterocycles. The summed E-state index contributed by atoms with van der Waals surface area (Å²) in [5.74, 6) is 0.651. The van der Waals surface area contributed by atoms with Crippen LogP contribution in [-0.2, 0) is 16.0 Å². The molecule has 2 aromatic carbocycles. The van der Waals surface area contributed by atoms with Crippen LogP contribution < -0.4 is 20.1 Å².